The lowest BCUT2D eigenvalue weighted by atomic mass is 9.84. The topological polar surface area (TPSA) is 206 Å². The molecule has 5 N–H and O–H groups in total. The number of aryl methyl sites for hydroxylation is 1. The number of piperidine rings is 1. The molecule has 0 saturated carbocycles. The Labute approximate surface area is 496 Å². The number of aromatic nitrogens is 1. The number of carbonyl (C=O) groups is 6. The lowest BCUT2D eigenvalue weighted by molar-refractivity contribution is -0.144. The zero-order valence-corrected chi connectivity index (χ0v) is 51.2. The van der Waals surface area contributed by atoms with E-state index in [2.05, 4.69) is 80.2 Å². The normalized spacial score (nSPS) is 21.1. The number of unbranched alkanes of at least 4 members (excludes halogenated alkanes) is 4. The van der Waals surface area contributed by atoms with Crippen molar-refractivity contribution >= 4 is 52.5 Å². The SMILES string of the molecule is CCN(c1cc(-c2ccc(CN3CCN(C(=O)CCCCCCCC(=O)N[C@H](C(=O)N4C[C@H](O)C[C@H]4C(=O)NCc4ccc(-c5scnc5C)cc4)C(C)(C)C)CC3)cc2)cc(C(=O)NCC2C(=O)NC(C)CC2C)c1C)C1CCOCC1. The van der Waals surface area contributed by atoms with Crippen LogP contribution in [-0.4, -0.2) is 150 Å². The molecule has 17 nitrogen and oxygen atoms in total. The molecule has 83 heavy (non-hydrogen) atoms. The Bertz CT molecular complexity index is 2860. The third-order valence-electron chi connectivity index (χ3n) is 17.5. The minimum absolute atomic E-state index is 0.00362. The fourth-order valence-corrected chi connectivity index (χ4v) is 13.3. The van der Waals surface area contributed by atoms with Gasteiger partial charge in [-0.1, -0.05) is 95.5 Å². The number of nitrogens with one attached hydrogen (secondary N) is 4. The Morgan fingerprint density at radius 2 is 1.51 bits per heavy atom. The van der Waals surface area contributed by atoms with Gasteiger partial charge in [0.2, 0.25) is 29.5 Å². The van der Waals surface area contributed by atoms with E-state index in [1.54, 1.807) is 11.3 Å². The molecule has 4 fully saturated rings. The van der Waals surface area contributed by atoms with Crippen LogP contribution in [0, 0.1) is 31.1 Å². The Balaban J connectivity index is 0.749. The number of likely N-dealkylation sites (tertiary alicyclic amines) is 1. The number of benzene rings is 3. The first-order valence-corrected chi connectivity index (χ1v) is 31.4. The summed E-state index contributed by atoms with van der Waals surface area (Å²) in [6.45, 7) is 22.5. The molecular weight excluding hydrogens is 1070 g/mol. The number of hydrogen-bond acceptors (Lipinski definition) is 12. The highest BCUT2D eigenvalue weighted by Gasteiger charge is 2.44. The van der Waals surface area contributed by atoms with E-state index in [0.29, 0.717) is 44.1 Å². The second-order valence-corrected chi connectivity index (χ2v) is 25.7. The molecule has 6 amide bonds. The largest absolute Gasteiger partial charge is 0.391 e. The van der Waals surface area contributed by atoms with Crippen molar-refractivity contribution in [3.8, 4) is 21.6 Å². The van der Waals surface area contributed by atoms with Crippen LogP contribution in [0.4, 0.5) is 5.69 Å². The first-order chi connectivity index (χ1) is 39.8. The zero-order valence-electron chi connectivity index (χ0n) is 50.4. The molecule has 4 aliphatic rings. The molecule has 1 aromatic heterocycles. The summed E-state index contributed by atoms with van der Waals surface area (Å²) in [4.78, 5) is 94.9. The van der Waals surface area contributed by atoms with Crippen molar-refractivity contribution in [3.05, 3.63) is 94.1 Å². The molecule has 4 aliphatic heterocycles. The van der Waals surface area contributed by atoms with E-state index in [1.165, 1.54) is 10.5 Å². The molecule has 4 saturated heterocycles. The van der Waals surface area contributed by atoms with Crippen molar-refractivity contribution in [2.45, 2.75) is 169 Å². The molecule has 5 heterocycles. The van der Waals surface area contributed by atoms with Gasteiger partial charge in [0.25, 0.3) is 5.91 Å². The average Bonchev–Trinajstić information content (AvgIpc) is 4.29. The van der Waals surface area contributed by atoms with E-state index in [4.69, 9.17) is 4.74 Å². The predicted molar refractivity (Wildman–Crippen MR) is 327 cm³/mol. The quantitative estimate of drug-likeness (QED) is 0.0448. The highest BCUT2D eigenvalue weighted by molar-refractivity contribution is 7.13. The lowest BCUT2D eigenvalue weighted by Gasteiger charge is -2.37. The Hall–Kier alpha value is -6.21. The van der Waals surface area contributed by atoms with Gasteiger partial charge in [-0.2, -0.15) is 0 Å². The molecule has 18 heteroatoms. The average molecular weight is 1160 g/mol. The van der Waals surface area contributed by atoms with E-state index in [9.17, 15) is 33.9 Å². The second kappa shape index (κ2) is 29.1. The van der Waals surface area contributed by atoms with Gasteiger partial charge in [0.15, 0.2) is 0 Å². The van der Waals surface area contributed by atoms with Crippen molar-refractivity contribution in [1.82, 2.24) is 41.0 Å². The summed E-state index contributed by atoms with van der Waals surface area (Å²) in [6.07, 6.45) is 6.79. The number of thiazole rings is 1. The summed E-state index contributed by atoms with van der Waals surface area (Å²) < 4.78 is 5.72. The number of β-amino-alcohol motifs (C(OH)–C–C–N with tert-alkyl or cyclic N) is 1. The summed E-state index contributed by atoms with van der Waals surface area (Å²) in [5.41, 5.74) is 9.89. The maximum Gasteiger partial charge on any atom is 0.251 e. The fraction of sp³-hybridized carbons (Fsp3) is 0.585. The van der Waals surface area contributed by atoms with Crippen LogP contribution in [0.15, 0.2) is 66.2 Å². The van der Waals surface area contributed by atoms with Gasteiger partial charge in [0.05, 0.1) is 28.1 Å². The summed E-state index contributed by atoms with van der Waals surface area (Å²) in [7, 11) is 0. The van der Waals surface area contributed by atoms with Crippen LogP contribution in [0.5, 0.6) is 0 Å². The van der Waals surface area contributed by atoms with Gasteiger partial charge in [0.1, 0.15) is 12.1 Å². The van der Waals surface area contributed by atoms with Gasteiger partial charge in [-0.15, -0.1) is 11.3 Å². The number of hydrogen-bond donors (Lipinski definition) is 5. The first-order valence-electron chi connectivity index (χ1n) is 30.5. The molecule has 3 unspecified atom stereocenters. The van der Waals surface area contributed by atoms with Crippen LogP contribution in [0.25, 0.3) is 21.6 Å². The maximum atomic E-state index is 14.1. The molecule has 3 aromatic carbocycles. The van der Waals surface area contributed by atoms with E-state index in [1.807, 2.05) is 82.3 Å². The second-order valence-electron chi connectivity index (χ2n) is 24.8. The van der Waals surface area contributed by atoms with Crippen LogP contribution in [0.2, 0.25) is 0 Å². The van der Waals surface area contributed by atoms with Crippen molar-refractivity contribution in [1.29, 1.82) is 0 Å². The van der Waals surface area contributed by atoms with Crippen molar-refractivity contribution in [2.24, 2.45) is 17.3 Å². The minimum atomic E-state index is -0.881. The van der Waals surface area contributed by atoms with Gasteiger partial charge < -0.3 is 45.8 Å². The number of ether oxygens (including phenoxy) is 1. The molecule has 4 aromatic rings. The van der Waals surface area contributed by atoms with Crippen LogP contribution in [0.3, 0.4) is 0 Å². The van der Waals surface area contributed by atoms with Gasteiger partial charge >= 0.3 is 0 Å². The van der Waals surface area contributed by atoms with E-state index in [-0.39, 0.29) is 79.3 Å². The van der Waals surface area contributed by atoms with Gasteiger partial charge in [-0.25, -0.2) is 4.98 Å². The minimum Gasteiger partial charge on any atom is -0.391 e. The highest BCUT2D eigenvalue weighted by atomic mass is 32.1. The van der Waals surface area contributed by atoms with Gasteiger partial charge in [-0.3, -0.25) is 33.7 Å². The molecule has 0 radical (unpaired) electrons. The molecule has 0 aliphatic carbocycles. The Morgan fingerprint density at radius 1 is 0.843 bits per heavy atom. The number of piperazine rings is 1. The number of aliphatic hydroxyl groups excluding tert-OH is 1. The third-order valence-corrected chi connectivity index (χ3v) is 18.4. The van der Waals surface area contributed by atoms with Crippen molar-refractivity contribution < 1.29 is 38.6 Å². The zero-order chi connectivity index (χ0) is 59.4. The molecule has 6 atom stereocenters. The highest BCUT2D eigenvalue weighted by Crippen LogP contribution is 2.35. The molecule has 8 rings (SSSR count). The smallest absolute Gasteiger partial charge is 0.251 e. The van der Waals surface area contributed by atoms with Crippen molar-refractivity contribution in [2.75, 3.05) is 63.9 Å². The summed E-state index contributed by atoms with van der Waals surface area (Å²) >= 11 is 1.58. The number of nitrogens with zero attached hydrogens (tertiary/aromatic N) is 5. The summed E-state index contributed by atoms with van der Waals surface area (Å²) in [6, 6.07) is 19.5. The number of anilines is 1. The number of aliphatic hydroxyl groups is 1. The summed E-state index contributed by atoms with van der Waals surface area (Å²) in [5, 5.41) is 22.8. The van der Waals surface area contributed by atoms with Crippen LogP contribution in [-0.2, 0) is 41.8 Å². The lowest BCUT2D eigenvalue weighted by Crippen LogP contribution is -2.57. The standard InChI is InChI=1S/C65H91N9O8S/c1-9-73(51-25-31-82-32-26-51)55-35-50(34-53(44(55)4)61(78)67-38-54-42(2)33-43(3)69-62(54)79)48-21-19-47(20-22-48)39-71-27-29-72(30-28-71)58(77)16-14-12-10-11-13-15-57(76)70-60(65(6,7)8)64(81)74-40-52(75)36-56(74)63(80)66-37-46-17-23-49(24-18-46)59-45(5)68-41-83-59/h17-24,34-35,41-43,51-52,54,56,60,75H,9-16,25-33,36-40H2,1-8H3,(H,66,80)(H,67,78)(H,69,79)(H,70,76)/t42?,43?,52-,54?,56+,60-/m1/s1. The number of amides is 6. The number of rotatable bonds is 23. The van der Waals surface area contributed by atoms with Crippen molar-refractivity contribution in [3.63, 3.8) is 0 Å². The van der Waals surface area contributed by atoms with Crippen LogP contribution in [0.1, 0.15) is 145 Å². The molecule has 0 bridgehead atoms. The predicted octanol–water partition coefficient (Wildman–Crippen LogP) is 8.17. The van der Waals surface area contributed by atoms with E-state index < -0.39 is 23.6 Å². The first kappa shape index (κ1) is 62.8. The maximum absolute atomic E-state index is 14.1. The monoisotopic (exact) mass is 1160 g/mol. The Morgan fingerprint density at radius 3 is 2.16 bits per heavy atom. The van der Waals surface area contributed by atoms with E-state index >= 15 is 0 Å². The molecular formula is C65H91N9O8S. The van der Waals surface area contributed by atoms with Gasteiger partial charge in [0, 0.05) is 115 Å². The van der Waals surface area contributed by atoms with Gasteiger partial charge in [-0.05, 0) is 117 Å². The van der Waals surface area contributed by atoms with E-state index in [0.717, 1.165) is 128 Å². The molecule has 0 spiro atoms. The van der Waals surface area contributed by atoms with Crippen LogP contribution >= 0.6 is 11.3 Å². The fourth-order valence-electron chi connectivity index (χ4n) is 12.5. The summed E-state index contributed by atoms with van der Waals surface area (Å²) in [5.74, 6) is -1.05. The molecule has 450 valence electrons. The number of carbonyl (C=O) groups excluding carboxylic acids is 6. The third kappa shape index (κ3) is 16.6. The Kier molecular flexibility index (Phi) is 22.0. The van der Waals surface area contributed by atoms with Crippen LogP contribution < -0.4 is 26.2 Å².